The summed E-state index contributed by atoms with van der Waals surface area (Å²) in [5.74, 6) is 2.23. The zero-order valence-electron chi connectivity index (χ0n) is 16.4. The summed E-state index contributed by atoms with van der Waals surface area (Å²) in [5, 5.41) is 6.17. The number of nitrogens with zero attached hydrogens (tertiary/aromatic N) is 3. The Kier molecular flexibility index (Phi) is 8.16. The number of alkyl carbamates (subject to hydrolysis) is 1. The Hall–Kier alpha value is -1.52. The summed E-state index contributed by atoms with van der Waals surface area (Å²) in [6.07, 6.45) is 0.463. The molecule has 1 fully saturated rings. The van der Waals surface area contributed by atoms with Crippen LogP contribution in [0.25, 0.3) is 0 Å². The van der Waals surface area contributed by atoms with E-state index in [1.807, 2.05) is 34.6 Å². The SMILES string of the molecule is CN=C(NCc1nc(C)c(C)o1)N1CCC(NC(=O)OC(C)(C)C)C1.I. The van der Waals surface area contributed by atoms with Crippen LogP contribution in [0.15, 0.2) is 9.41 Å². The molecular weight excluding hydrogens is 449 g/mol. The van der Waals surface area contributed by atoms with Gasteiger partial charge >= 0.3 is 6.09 Å². The first-order valence-corrected chi connectivity index (χ1v) is 8.56. The van der Waals surface area contributed by atoms with E-state index in [0.29, 0.717) is 19.0 Å². The van der Waals surface area contributed by atoms with Crippen LogP contribution >= 0.6 is 24.0 Å². The summed E-state index contributed by atoms with van der Waals surface area (Å²) < 4.78 is 10.9. The third kappa shape index (κ3) is 6.65. The van der Waals surface area contributed by atoms with Gasteiger partial charge in [-0.15, -0.1) is 24.0 Å². The number of hydrogen-bond donors (Lipinski definition) is 2. The molecule has 1 aromatic heterocycles. The van der Waals surface area contributed by atoms with E-state index in [-0.39, 0.29) is 36.1 Å². The van der Waals surface area contributed by atoms with Crippen molar-refractivity contribution in [2.24, 2.45) is 4.99 Å². The Balaban J connectivity index is 0.00000338. The van der Waals surface area contributed by atoms with Gasteiger partial charge in [0.1, 0.15) is 11.4 Å². The summed E-state index contributed by atoms with van der Waals surface area (Å²) in [4.78, 5) is 22.6. The van der Waals surface area contributed by atoms with Crippen LogP contribution < -0.4 is 10.6 Å². The summed E-state index contributed by atoms with van der Waals surface area (Å²) in [7, 11) is 1.74. The maximum Gasteiger partial charge on any atom is 0.407 e. The number of nitrogens with one attached hydrogen (secondary N) is 2. The van der Waals surface area contributed by atoms with Crippen molar-refractivity contribution in [2.75, 3.05) is 20.1 Å². The number of guanidine groups is 1. The minimum absolute atomic E-state index is 0. The molecule has 0 bridgehead atoms. The molecule has 1 unspecified atom stereocenters. The van der Waals surface area contributed by atoms with Gasteiger partial charge in [0.25, 0.3) is 0 Å². The van der Waals surface area contributed by atoms with Crippen molar-refractivity contribution >= 4 is 36.0 Å². The quantitative estimate of drug-likeness (QED) is 0.394. The fraction of sp³-hybridized carbons (Fsp3) is 0.706. The Morgan fingerprint density at radius 1 is 1.42 bits per heavy atom. The van der Waals surface area contributed by atoms with Gasteiger partial charge < -0.3 is 24.7 Å². The van der Waals surface area contributed by atoms with Gasteiger partial charge in [-0.2, -0.15) is 0 Å². The van der Waals surface area contributed by atoms with Gasteiger partial charge in [0, 0.05) is 20.1 Å². The van der Waals surface area contributed by atoms with E-state index < -0.39 is 5.60 Å². The molecule has 1 aromatic rings. The van der Waals surface area contributed by atoms with Crippen LogP contribution in [0.5, 0.6) is 0 Å². The zero-order chi connectivity index (χ0) is 18.6. The molecule has 2 heterocycles. The number of likely N-dealkylation sites (tertiary alicyclic amines) is 1. The molecule has 2 N–H and O–H groups in total. The largest absolute Gasteiger partial charge is 0.444 e. The Bertz CT molecular complexity index is 619. The first-order valence-electron chi connectivity index (χ1n) is 8.56. The highest BCUT2D eigenvalue weighted by Gasteiger charge is 2.28. The minimum atomic E-state index is -0.494. The zero-order valence-corrected chi connectivity index (χ0v) is 18.7. The van der Waals surface area contributed by atoms with E-state index >= 15 is 0 Å². The molecule has 1 atom stereocenters. The smallest absolute Gasteiger partial charge is 0.407 e. The lowest BCUT2D eigenvalue weighted by Gasteiger charge is -2.23. The Morgan fingerprint density at radius 3 is 2.65 bits per heavy atom. The van der Waals surface area contributed by atoms with Crippen molar-refractivity contribution < 1.29 is 13.9 Å². The highest BCUT2D eigenvalue weighted by atomic mass is 127. The number of amides is 1. The van der Waals surface area contributed by atoms with E-state index in [1.54, 1.807) is 7.05 Å². The second kappa shape index (κ2) is 9.43. The van der Waals surface area contributed by atoms with Crippen LogP contribution in [-0.4, -0.2) is 53.7 Å². The van der Waals surface area contributed by atoms with Gasteiger partial charge in [-0.25, -0.2) is 9.78 Å². The van der Waals surface area contributed by atoms with E-state index in [9.17, 15) is 4.79 Å². The fourth-order valence-corrected chi connectivity index (χ4v) is 2.65. The summed E-state index contributed by atoms with van der Waals surface area (Å²) in [5.41, 5.74) is 0.404. The predicted molar refractivity (Wildman–Crippen MR) is 111 cm³/mol. The molecule has 1 saturated heterocycles. The van der Waals surface area contributed by atoms with Crippen LogP contribution in [0, 0.1) is 13.8 Å². The van der Waals surface area contributed by atoms with Gasteiger partial charge in [0.15, 0.2) is 5.96 Å². The first-order chi connectivity index (χ1) is 11.7. The second-order valence-corrected chi connectivity index (χ2v) is 7.23. The van der Waals surface area contributed by atoms with E-state index in [1.165, 1.54) is 0 Å². The molecule has 8 nitrogen and oxygen atoms in total. The number of hydrogen-bond acceptors (Lipinski definition) is 5. The monoisotopic (exact) mass is 479 g/mol. The molecule has 0 saturated carbocycles. The van der Waals surface area contributed by atoms with Crippen LogP contribution in [0.4, 0.5) is 4.79 Å². The number of carbonyl (C=O) groups excluding carboxylic acids is 1. The summed E-state index contributed by atoms with van der Waals surface area (Å²) >= 11 is 0. The van der Waals surface area contributed by atoms with Gasteiger partial charge in [-0.1, -0.05) is 0 Å². The van der Waals surface area contributed by atoms with E-state index in [0.717, 1.165) is 30.4 Å². The van der Waals surface area contributed by atoms with Gasteiger partial charge in [-0.3, -0.25) is 4.99 Å². The van der Waals surface area contributed by atoms with Crippen LogP contribution in [0.1, 0.15) is 44.5 Å². The van der Waals surface area contributed by atoms with Gasteiger partial charge in [0.05, 0.1) is 18.3 Å². The van der Waals surface area contributed by atoms with Crippen molar-refractivity contribution in [1.82, 2.24) is 20.5 Å². The molecule has 1 aliphatic heterocycles. The number of carbonyl (C=O) groups is 1. The highest BCUT2D eigenvalue weighted by Crippen LogP contribution is 2.13. The highest BCUT2D eigenvalue weighted by molar-refractivity contribution is 14.0. The standard InChI is InChI=1S/C17H29N5O3.HI/c1-11-12(2)24-14(20-11)9-19-15(18-6)22-8-7-13(10-22)21-16(23)25-17(3,4)5;/h13H,7-10H2,1-6H3,(H,18,19)(H,21,23);1H. The van der Waals surface area contributed by atoms with Crippen LogP contribution in [-0.2, 0) is 11.3 Å². The molecule has 2 rings (SSSR count). The average molecular weight is 479 g/mol. The van der Waals surface area contributed by atoms with Gasteiger partial charge in [0.2, 0.25) is 5.89 Å². The number of aryl methyl sites for hydroxylation is 2. The molecule has 9 heteroatoms. The molecule has 0 aromatic carbocycles. The molecule has 148 valence electrons. The van der Waals surface area contributed by atoms with E-state index in [2.05, 4.69) is 25.5 Å². The van der Waals surface area contributed by atoms with Crippen molar-refractivity contribution in [3.8, 4) is 0 Å². The topological polar surface area (TPSA) is 92.0 Å². The third-order valence-electron chi connectivity index (χ3n) is 3.89. The van der Waals surface area contributed by atoms with Gasteiger partial charge in [-0.05, 0) is 41.0 Å². The lowest BCUT2D eigenvalue weighted by molar-refractivity contribution is 0.0507. The molecular formula is C17H30IN5O3. The maximum atomic E-state index is 11.9. The average Bonchev–Trinajstić information content (AvgIpc) is 3.05. The Labute approximate surface area is 172 Å². The lowest BCUT2D eigenvalue weighted by atomic mass is 10.2. The van der Waals surface area contributed by atoms with Crippen molar-refractivity contribution in [2.45, 2.75) is 59.2 Å². The molecule has 1 aliphatic rings. The number of oxazole rings is 1. The minimum Gasteiger partial charge on any atom is -0.444 e. The summed E-state index contributed by atoms with van der Waals surface area (Å²) in [6, 6.07) is 0.0413. The Morgan fingerprint density at radius 2 is 2.12 bits per heavy atom. The summed E-state index contributed by atoms with van der Waals surface area (Å²) in [6.45, 7) is 11.3. The molecule has 0 radical (unpaired) electrons. The first kappa shape index (κ1) is 22.5. The van der Waals surface area contributed by atoms with Crippen LogP contribution in [0.2, 0.25) is 0 Å². The third-order valence-corrected chi connectivity index (χ3v) is 3.89. The van der Waals surface area contributed by atoms with Crippen molar-refractivity contribution in [3.05, 3.63) is 17.3 Å². The number of aliphatic imine (C=N–C) groups is 1. The lowest BCUT2D eigenvalue weighted by Crippen LogP contribution is -2.44. The second-order valence-electron chi connectivity index (χ2n) is 7.23. The predicted octanol–water partition coefficient (Wildman–Crippen LogP) is 2.58. The number of rotatable bonds is 3. The normalized spacial score (nSPS) is 17.7. The van der Waals surface area contributed by atoms with Crippen molar-refractivity contribution in [3.63, 3.8) is 0 Å². The maximum absolute atomic E-state index is 11.9. The molecule has 26 heavy (non-hydrogen) atoms. The number of halogens is 1. The number of aromatic nitrogens is 1. The van der Waals surface area contributed by atoms with E-state index in [4.69, 9.17) is 9.15 Å². The van der Waals surface area contributed by atoms with Crippen LogP contribution in [0.3, 0.4) is 0 Å². The fourth-order valence-electron chi connectivity index (χ4n) is 2.65. The molecule has 1 amide bonds. The molecule has 0 spiro atoms. The van der Waals surface area contributed by atoms with Crippen molar-refractivity contribution in [1.29, 1.82) is 0 Å². The number of ether oxygens (including phenoxy) is 1. The molecule has 0 aliphatic carbocycles.